The van der Waals surface area contributed by atoms with E-state index in [1.54, 1.807) is 24.3 Å². The Morgan fingerprint density at radius 3 is 2.68 bits per heavy atom. The molecule has 0 amide bonds. The van der Waals surface area contributed by atoms with Crippen LogP contribution in [0.2, 0.25) is 5.02 Å². The number of hydrogen-bond acceptors (Lipinski definition) is 3. The molecule has 142 valence electrons. The molecule has 0 radical (unpaired) electrons. The third-order valence-corrected chi connectivity index (χ3v) is 5.38. The standard InChI is InChI=1S/C20H17ClN4O2S/c21-15-6-8-16(9-7-15)22-20(28)24-12-11-23-10-2-5-18(23)19(24)14-3-1-4-17(13-14)25(26)27/h1-10,13,19H,11-12H2,(H,22,28)/t19-/m0/s1. The minimum atomic E-state index is -0.375. The van der Waals surface area contributed by atoms with Crippen molar-refractivity contribution in [3.05, 3.63) is 93.3 Å². The second kappa shape index (κ2) is 7.61. The van der Waals surface area contributed by atoms with Crippen LogP contribution in [0.1, 0.15) is 17.3 Å². The number of nitro groups is 1. The van der Waals surface area contributed by atoms with Crippen molar-refractivity contribution < 1.29 is 4.92 Å². The zero-order valence-electron chi connectivity index (χ0n) is 14.8. The van der Waals surface area contributed by atoms with Gasteiger partial charge in [0, 0.05) is 47.8 Å². The highest BCUT2D eigenvalue weighted by atomic mass is 35.5. The van der Waals surface area contributed by atoms with Gasteiger partial charge in [0.2, 0.25) is 0 Å². The monoisotopic (exact) mass is 412 g/mol. The van der Waals surface area contributed by atoms with E-state index < -0.39 is 0 Å². The maximum atomic E-state index is 11.3. The van der Waals surface area contributed by atoms with E-state index in [1.807, 2.05) is 36.5 Å². The Hall–Kier alpha value is -2.90. The maximum Gasteiger partial charge on any atom is 0.269 e. The van der Waals surface area contributed by atoms with Gasteiger partial charge in [-0.25, -0.2) is 0 Å². The molecule has 28 heavy (non-hydrogen) atoms. The number of anilines is 1. The average molecular weight is 413 g/mol. The molecule has 0 saturated heterocycles. The Bertz CT molecular complexity index is 1030. The number of hydrogen-bond donors (Lipinski definition) is 1. The van der Waals surface area contributed by atoms with Gasteiger partial charge < -0.3 is 14.8 Å². The van der Waals surface area contributed by atoms with Crippen LogP contribution in [0, 0.1) is 10.1 Å². The second-order valence-electron chi connectivity index (χ2n) is 6.51. The van der Waals surface area contributed by atoms with Crippen LogP contribution in [0.15, 0.2) is 66.9 Å². The van der Waals surface area contributed by atoms with Crippen LogP contribution in [-0.2, 0) is 6.54 Å². The van der Waals surface area contributed by atoms with E-state index in [4.69, 9.17) is 23.8 Å². The third kappa shape index (κ3) is 3.58. The molecule has 4 rings (SSSR count). The summed E-state index contributed by atoms with van der Waals surface area (Å²) in [5.74, 6) is 0. The van der Waals surface area contributed by atoms with Crippen molar-refractivity contribution in [3.63, 3.8) is 0 Å². The Morgan fingerprint density at radius 2 is 1.93 bits per heavy atom. The largest absolute Gasteiger partial charge is 0.348 e. The predicted molar refractivity (Wildman–Crippen MR) is 114 cm³/mol. The van der Waals surface area contributed by atoms with Crippen LogP contribution in [0.5, 0.6) is 0 Å². The first-order valence-corrected chi connectivity index (χ1v) is 9.54. The minimum absolute atomic E-state index is 0.0673. The molecule has 0 aliphatic carbocycles. The van der Waals surface area contributed by atoms with E-state index in [1.165, 1.54) is 6.07 Å². The number of fused-ring (bicyclic) bond motifs is 1. The van der Waals surface area contributed by atoms with Crippen LogP contribution in [0.3, 0.4) is 0 Å². The number of halogens is 1. The van der Waals surface area contributed by atoms with Crippen LogP contribution < -0.4 is 5.32 Å². The summed E-state index contributed by atoms with van der Waals surface area (Å²) in [6.45, 7) is 1.48. The number of thiocarbonyl (C=S) groups is 1. The van der Waals surface area contributed by atoms with Gasteiger partial charge >= 0.3 is 0 Å². The molecule has 2 heterocycles. The second-order valence-corrected chi connectivity index (χ2v) is 7.33. The predicted octanol–water partition coefficient (Wildman–Crippen LogP) is 4.85. The molecular formula is C20H17ClN4O2S. The molecule has 3 aromatic rings. The Kier molecular flexibility index (Phi) is 5.02. The Morgan fingerprint density at radius 1 is 1.14 bits per heavy atom. The lowest BCUT2D eigenvalue weighted by Gasteiger charge is -2.39. The van der Waals surface area contributed by atoms with Crippen molar-refractivity contribution in [2.24, 2.45) is 0 Å². The Labute approximate surface area is 172 Å². The molecule has 1 aromatic heterocycles. The third-order valence-electron chi connectivity index (χ3n) is 4.79. The lowest BCUT2D eigenvalue weighted by atomic mass is 10.00. The summed E-state index contributed by atoms with van der Waals surface area (Å²) in [5, 5.41) is 15.7. The van der Waals surface area contributed by atoms with Gasteiger partial charge in [0.1, 0.15) is 0 Å². The number of aromatic nitrogens is 1. The highest BCUT2D eigenvalue weighted by Crippen LogP contribution is 2.34. The van der Waals surface area contributed by atoms with Gasteiger partial charge in [0.05, 0.1) is 11.0 Å². The molecule has 0 spiro atoms. The zero-order valence-corrected chi connectivity index (χ0v) is 16.4. The van der Waals surface area contributed by atoms with Crippen LogP contribution in [0.4, 0.5) is 11.4 Å². The molecule has 0 bridgehead atoms. The molecule has 0 saturated carbocycles. The van der Waals surface area contributed by atoms with Crippen molar-refractivity contribution in [1.29, 1.82) is 0 Å². The first-order valence-electron chi connectivity index (χ1n) is 8.75. The first kappa shape index (κ1) is 18.5. The van der Waals surface area contributed by atoms with Gasteiger partial charge in [-0.05, 0) is 54.2 Å². The van der Waals surface area contributed by atoms with E-state index in [-0.39, 0.29) is 16.7 Å². The molecule has 1 atom stereocenters. The topological polar surface area (TPSA) is 63.3 Å². The van der Waals surface area contributed by atoms with Crippen LogP contribution >= 0.6 is 23.8 Å². The fraction of sp³-hybridized carbons (Fsp3) is 0.150. The van der Waals surface area contributed by atoms with E-state index >= 15 is 0 Å². The van der Waals surface area contributed by atoms with Gasteiger partial charge in [-0.15, -0.1) is 0 Å². The fourth-order valence-electron chi connectivity index (χ4n) is 3.49. The van der Waals surface area contributed by atoms with E-state index in [0.29, 0.717) is 16.7 Å². The van der Waals surface area contributed by atoms with Crippen molar-refractivity contribution >= 4 is 40.3 Å². The number of non-ortho nitro benzene ring substituents is 1. The van der Waals surface area contributed by atoms with Gasteiger partial charge in [-0.3, -0.25) is 10.1 Å². The number of benzene rings is 2. The molecule has 6 nitrogen and oxygen atoms in total. The fourth-order valence-corrected chi connectivity index (χ4v) is 3.93. The van der Waals surface area contributed by atoms with Crippen LogP contribution in [-0.4, -0.2) is 26.0 Å². The van der Waals surface area contributed by atoms with Gasteiger partial charge in [0.15, 0.2) is 5.11 Å². The zero-order chi connectivity index (χ0) is 19.7. The SMILES string of the molecule is O=[N+]([O-])c1cccc([C@H]2c3cccn3CCN2C(=S)Nc2ccc(Cl)cc2)c1. The van der Waals surface area contributed by atoms with Gasteiger partial charge in [0.25, 0.3) is 5.69 Å². The number of nitrogens with zero attached hydrogens (tertiary/aromatic N) is 3. The highest BCUT2D eigenvalue weighted by molar-refractivity contribution is 7.80. The van der Waals surface area contributed by atoms with Crippen molar-refractivity contribution in [3.8, 4) is 0 Å². The normalized spacial score (nSPS) is 15.8. The van der Waals surface area contributed by atoms with E-state index in [0.717, 1.165) is 23.5 Å². The summed E-state index contributed by atoms with van der Waals surface area (Å²) in [6, 6.07) is 17.9. The summed E-state index contributed by atoms with van der Waals surface area (Å²) in [7, 11) is 0. The molecule has 1 N–H and O–H groups in total. The average Bonchev–Trinajstić information content (AvgIpc) is 3.17. The van der Waals surface area contributed by atoms with Crippen molar-refractivity contribution in [1.82, 2.24) is 9.47 Å². The summed E-state index contributed by atoms with van der Waals surface area (Å²) < 4.78 is 2.16. The summed E-state index contributed by atoms with van der Waals surface area (Å²) in [6.07, 6.45) is 2.02. The molecule has 8 heteroatoms. The van der Waals surface area contributed by atoms with Gasteiger partial charge in [-0.1, -0.05) is 23.7 Å². The molecule has 1 aliphatic heterocycles. The smallest absolute Gasteiger partial charge is 0.269 e. The van der Waals surface area contributed by atoms with Gasteiger partial charge in [-0.2, -0.15) is 0 Å². The summed E-state index contributed by atoms with van der Waals surface area (Å²) in [5.41, 5.74) is 2.78. The first-order chi connectivity index (χ1) is 13.5. The molecule has 0 unspecified atom stereocenters. The lowest BCUT2D eigenvalue weighted by Crippen LogP contribution is -2.44. The van der Waals surface area contributed by atoms with Crippen molar-refractivity contribution in [2.45, 2.75) is 12.6 Å². The molecule has 0 fully saturated rings. The highest BCUT2D eigenvalue weighted by Gasteiger charge is 2.31. The maximum absolute atomic E-state index is 11.3. The van der Waals surface area contributed by atoms with E-state index in [2.05, 4.69) is 14.8 Å². The lowest BCUT2D eigenvalue weighted by molar-refractivity contribution is -0.384. The number of nitrogens with one attached hydrogen (secondary N) is 1. The Balaban J connectivity index is 1.69. The molecular weight excluding hydrogens is 396 g/mol. The number of nitro benzene ring substituents is 1. The van der Waals surface area contributed by atoms with Crippen molar-refractivity contribution in [2.75, 3.05) is 11.9 Å². The molecule has 1 aliphatic rings. The quantitative estimate of drug-likeness (QED) is 0.378. The molecule has 2 aromatic carbocycles. The van der Waals surface area contributed by atoms with E-state index in [9.17, 15) is 10.1 Å². The van der Waals surface area contributed by atoms with Crippen LogP contribution in [0.25, 0.3) is 0 Å². The summed E-state index contributed by atoms with van der Waals surface area (Å²) in [4.78, 5) is 12.9. The minimum Gasteiger partial charge on any atom is -0.348 e. The summed E-state index contributed by atoms with van der Waals surface area (Å²) >= 11 is 11.6. The number of rotatable bonds is 3.